The van der Waals surface area contributed by atoms with Gasteiger partial charge in [-0.3, -0.25) is 0 Å². The molecule has 2 heteroatoms. The summed E-state index contributed by atoms with van der Waals surface area (Å²) in [5.74, 6) is 0. The number of rotatable bonds is 7. The highest BCUT2D eigenvalue weighted by molar-refractivity contribution is 6.18. The van der Waals surface area contributed by atoms with Crippen LogP contribution >= 0.6 is 0 Å². The summed E-state index contributed by atoms with van der Waals surface area (Å²) < 4.78 is 7.06. The van der Waals surface area contributed by atoms with Crippen LogP contribution in [-0.2, 0) is 5.41 Å². The molecule has 10 aromatic carbocycles. The van der Waals surface area contributed by atoms with Crippen molar-refractivity contribution in [3.8, 4) is 33.4 Å². The number of hydrogen-bond donors (Lipinski definition) is 0. The van der Waals surface area contributed by atoms with Crippen LogP contribution in [0.3, 0.4) is 0 Å². The normalized spacial score (nSPS) is 12.7. The smallest absolute Gasteiger partial charge is 0.143 e. The average Bonchev–Trinajstić information content (AvgIpc) is 3.85. The molecule has 0 atom stereocenters. The van der Waals surface area contributed by atoms with Gasteiger partial charge in [0.05, 0.1) is 11.1 Å². The van der Waals surface area contributed by atoms with Crippen LogP contribution in [0.4, 0.5) is 17.1 Å². The van der Waals surface area contributed by atoms with Gasteiger partial charge >= 0.3 is 0 Å². The molecule has 0 fully saturated rings. The van der Waals surface area contributed by atoms with Crippen molar-refractivity contribution in [1.29, 1.82) is 0 Å². The molecular weight excluding hydrogens is 739 g/mol. The first-order valence-electron chi connectivity index (χ1n) is 21.0. The van der Waals surface area contributed by atoms with E-state index in [2.05, 4.69) is 241 Å². The Kier molecular flexibility index (Phi) is 8.11. The minimum atomic E-state index is -0.534. The fourth-order valence-corrected chi connectivity index (χ4v) is 10.1. The van der Waals surface area contributed by atoms with Gasteiger partial charge in [0.25, 0.3) is 0 Å². The average molecular weight is 778 g/mol. The first-order valence-corrected chi connectivity index (χ1v) is 21.0. The maximum Gasteiger partial charge on any atom is 0.143 e. The molecule has 12 rings (SSSR count). The highest BCUT2D eigenvalue weighted by atomic mass is 16.3. The highest BCUT2D eigenvalue weighted by Crippen LogP contribution is 2.57. The molecule has 286 valence electrons. The standard InChI is InChI=1S/C59H39NO/c1-5-19-40(20-6-1)47-28-16-18-32-55(47)60(46-34-36-51-52-37-42-23-13-14-29-48(42)57(41-21-7-2-8-22-41)58(52)61-56(51)39-46)45-33-35-50-49-30-15-17-31-53(49)59(54(50)38-45,43-24-9-3-10-25-43)44-26-11-4-12-27-44/h1-39H. The number of furan rings is 1. The number of para-hydroxylation sites is 1. The van der Waals surface area contributed by atoms with Gasteiger partial charge in [-0.25, -0.2) is 0 Å². The first-order chi connectivity index (χ1) is 30.3. The van der Waals surface area contributed by atoms with E-state index in [0.717, 1.165) is 61.3 Å². The fourth-order valence-electron chi connectivity index (χ4n) is 10.1. The third kappa shape index (κ3) is 5.43. The molecular formula is C59H39NO. The maximum absolute atomic E-state index is 7.06. The molecule has 0 N–H and O–H groups in total. The van der Waals surface area contributed by atoms with E-state index in [1.807, 2.05) is 0 Å². The predicted octanol–water partition coefficient (Wildman–Crippen LogP) is 15.9. The maximum atomic E-state index is 7.06. The number of fused-ring (bicyclic) bond motifs is 7. The van der Waals surface area contributed by atoms with Crippen molar-refractivity contribution < 1.29 is 4.42 Å². The summed E-state index contributed by atoms with van der Waals surface area (Å²) in [4.78, 5) is 2.42. The third-order valence-electron chi connectivity index (χ3n) is 12.7. The third-order valence-corrected chi connectivity index (χ3v) is 12.7. The van der Waals surface area contributed by atoms with Gasteiger partial charge in [-0.1, -0.05) is 194 Å². The van der Waals surface area contributed by atoms with Crippen molar-refractivity contribution in [2.24, 2.45) is 0 Å². The monoisotopic (exact) mass is 777 g/mol. The molecule has 1 heterocycles. The predicted molar refractivity (Wildman–Crippen MR) is 254 cm³/mol. The minimum Gasteiger partial charge on any atom is -0.455 e. The van der Waals surface area contributed by atoms with Crippen LogP contribution in [0.1, 0.15) is 22.3 Å². The Bertz CT molecular complexity index is 3370. The molecule has 2 nitrogen and oxygen atoms in total. The van der Waals surface area contributed by atoms with Crippen molar-refractivity contribution in [3.05, 3.63) is 259 Å². The second-order valence-corrected chi connectivity index (χ2v) is 16.0. The molecule has 1 aliphatic rings. The largest absolute Gasteiger partial charge is 0.455 e. The van der Waals surface area contributed by atoms with Crippen molar-refractivity contribution in [2.75, 3.05) is 4.90 Å². The van der Waals surface area contributed by atoms with Crippen molar-refractivity contribution >= 4 is 49.8 Å². The van der Waals surface area contributed by atoms with Gasteiger partial charge in [-0.05, 0) is 91.7 Å². The SMILES string of the molecule is c1ccc(-c2ccccc2N(c2ccc3c(c2)C(c2ccccc2)(c2ccccc2)c2ccccc2-3)c2ccc3c(c2)oc2c(-c4ccccc4)c4ccccc4cc23)cc1. The summed E-state index contributed by atoms with van der Waals surface area (Å²) in [6.07, 6.45) is 0. The zero-order chi connectivity index (χ0) is 40.3. The molecule has 0 saturated heterocycles. The quantitative estimate of drug-likeness (QED) is 0.160. The Morgan fingerprint density at radius 3 is 1.66 bits per heavy atom. The molecule has 1 aromatic heterocycles. The van der Waals surface area contributed by atoms with Crippen molar-refractivity contribution in [1.82, 2.24) is 0 Å². The van der Waals surface area contributed by atoms with E-state index in [9.17, 15) is 0 Å². The van der Waals surface area contributed by atoms with Crippen LogP contribution < -0.4 is 4.90 Å². The van der Waals surface area contributed by atoms with E-state index in [0.29, 0.717) is 0 Å². The fraction of sp³-hybridized carbons (Fsp3) is 0.0169. The van der Waals surface area contributed by atoms with Gasteiger partial charge < -0.3 is 9.32 Å². The Morgan fingerprint density at radius 1 is 0.361 bits per heavy atom. The molecule has 0 amide bonds. The molecule has 0 saturated carbocycles. The summed E-state index contributed by atoms with van der Waals surface area (Å²) in [6.45, 7) is 0. The van der Waals surface area contributed by atoms with Crippen LogP contribution in [0.25, 0.3) is 66.1 Å². The lowest BCUT2D eigenvalue weighted by Crippen LogP contribution is -2.28. The van der Waals surface area contributed by atoms with E-state index < -0.39 is 5.41 Å². The highest BCUT2D eigenvalue weighted by Gasteiger charge is 2.46. The van der Waals surface area contributed by atoms with Crippen LogP contribution in [0, 0.1) is 0 Å². The number of benzene rings is 10. The Hall–Kier alpha value is -7.94. The molecule has 0 aliphatic heterocycles. The summed E-state index contributed by atoms with van der Waals surface area (Å²) in [5.41, 5.74) is 16.5. The lowest BCUT2D eigenvalue weighted by atomic mass is 9.67. The number of anilines is 3. The van der Waals surface area contributed by atoms with Gasteiger partial charge in [0.2, 0.25) is 0 Å². The molecule has 11 aromatic rings. The zero-order valence-electron chi connectivity index (χ0n) is 33.4. The Labute approximate surface area is 355 Å². The topological polar surface area (TPSA) is 16.4 Å². The van der Waals surface area contributed by atoms with Gasteiger partial charge in [0.15, 0.2) is 0 Å². The van der Waals surface area contributed by atoms with E-state index in [4.69, 9.17) is 4.42 Å². The van der Waals surface area contributed by atoms with Crippen LogP contribution in [-0.4, -0.2) is 0 Å². The first kappa shape index (κ1) is 35.0. The summed E-state index contributed by atoms with van der Waals surface area (Å²) in [6, 6.07) is 85.9. The summed E-state index contributed by atoms with van der Waals surface area (Å²) in [5, 5.41) is 4.58. The Balaban J connectivity index is 1.13. The minimum absolute atomic E-state index is 0.534. The number of hydrogen-bond acceptors (Lipinski definition) is 2. The molecule has 0 radical (unpaired) electrons. The van der Waals surface area contributed by atoms with Gasteiger partial charge in [0.1, 0.15) is 11.2 Å². The molecule has 0 unspecified atom stereocenters. The Morgan fingerprint density at radius 2 is 0.918 bits per heavy atom. The van der Waals surface area contributed by atoms with Crippen molar-refractivity contribution in [3.63, 3.8) is 0 Å². The van der Waals surface area contributed by atoms with Crippen LogP contribution in [0.5, 0.6) is 0 Å². The van der Waals surface area contributed by atoms with E-state index in [1.165, 1.54) is 44.2 Å². The zero-order valence-corrected chi connectivity index (χ0v) is 33.4. The molecule has 1 aliphatic carbocycles. The van der Waals surface area contributed by atoms with E-state index in [1.54, 1.807) is 0 Å². The molecule has 0 bridgehead atoms. The molecule has 0 spiro atoms. The summed E-state index contributed by atoms with van der Waals surface area (Å²) in [7, 11) is 0. The van der Waals surface area contributed by atoms with Gasteiger partial charge in [-0.15, -0.1) is 0 Å². The number of nitrogens with zero attached hydrogens (tertiary/aromatic N) is 1. The second kappa shape index (κ2) is 14.1. The van der Waals surface area contributed by atoms with Crippen molar-refractivity contribution in [2.45, 2.75) is 5.41 Å². The lowest BCUT2D eigenvalue weighted by Gasteiger charge is -2.35. The van der Waals surface area contributed by atoms with Crippen LogP contribution in [0.15, 0.2) is 241 Å². The van der Waals surface area contributed by atoms with E-state index in [-0.39, 0.29) is 0 Å². The van der Waals surface area contributed by atoms with Gasteiger partial charge in [0, 0.05) is 39.3 Å². The molecule has 61 heavy (non-hydrogen) atoms. The lowest BCUT2D eigenvalue weighted by molar-refractivity contribution is 0.670. The van der Waals surface area contributed by atoms with Gasteiger partial charge in [-0.2, -0.15) is 0 Å². The van der Waals surface area contributed by atoms with Crippen LogP contribution in [0.2, 0.25) is 0 Å². The second-order valence-electron chi connectivity index (χ2n) is 16.0. The van der Waals surface area contributed by atoms with E-state index >= 15 is 0 Å². The summed E-state index contributed by atoms with van der Waals surface area (Å²) >= 11 is 0.